The molecule has 4 nitrogen and oxygen atoms in total. The lowest BCUT2D eigenvalue weighted by molar-refractivity contribution is -0.120. The van der Waals surface area contributed by atoms with Crippen LogP contribution in [0.3, 0.4) is 0 Å². The molecule has 2 rings (SSSR count). The first kappa shape index (κ1) is 11.3. The number of hydrogen-bond acceptors (Lipinski definition) is 3. The summed E-state index contributed by atoms with van der Waals surface area (Å²) >= 11 is 0. The van der Waals surface area contributed by atoms with Crippen molar-refractivity contribution < 1.29 is 9.53 Å². The molecule has 1 atom stereocenters. The number of ether oxygens (including phenoxy) is 1. The molecule has 0 saturated carbocycles. The Morgan fingerprint density at radius 2 is 2.50 bits per heavy atom. The standard InChI is InChI=1S/C12H18N2O2/c1-9-6-10(14(2)13-9)7-11(15)8-12-4-3-5-16-12/h6,12H,3-5,7-8H2,1-2H3. The first-order chi connectivity index (χ1) is 7.65. The van der Waals surface area contributed by atoms with Crippen LogP contribution in [-0.2, 0) is 23.0 Å². The second kappa shape index (κ2) is 4.78. The smallest absolute Gasteiger partial charge is 0.141 e. The van der Waals surface area contributed by atoms with E-state index < -0.39 is 0 Å². The lowest BCUT2D eigenvalue weighted by Gasteiger charge is -2.07. The Balaban J connectivity index is 1.89. The van der Waals surface area contributed by atoms with Crippen LogP contribution in [0, 0.1) is 6.92 Å². The maximum Gasteiger partial charge on any atom is 0.141 e. The maximum absolute atomic E-state index is 11.8. The number of carbonyl (C=O) groups is 1. The molecule has 88 valence electrons. The van der Waals surface area contributed by atoms with Gasteiger partial charge in [-0.2, -0.15) is 5.10 Å². The minimum absolute atomic E-state index is 0.154. The molecule has 1 aliphatic heterocycles. The summed E-state index contributed by atoms with van der Waals surface area (Å²) in [6, 6.07) is 1.97. The number of aryl methyl sites for hydroxylation is 2. The predicted molar refractivity (Wildman–Crippen MR) is 60.2 cm³/mol. The molecular formula is C12H18N2O2. The van der Waals surface area contributed by atoms with Crippen LogP contribution in [-0.4, -0.2) is 28.3 Å². The lowest BCUT2D eigenvalue weighted by Crippen LogP contribution is -2.15. The average molecular weight is 222 g/mol. The van der Waals surface area contributed by atoms with E-state index in [1.807, 2.05) is 20.0 Å². The number of Topliss-reactive ketones (excluding diaryl/α,β-unsaturated/α-hetero) is 1. The van der Waals surface area contributed by atoms with E-state index in [1.54, 1.807) is 4.68 Å². The number of ketones is 1. The largest absolute Gasteiger partial charge is 0.378 e. The van der Waals surface area contributed by atoms with Gasteiger partial charge < -0.3 is 4.74 Å². The predicted octanol–water partition coefficient (Wildman–Crippen LogP) is 1.41. The van der Waals surface area contributed by atoms with Crippen molar-refractivity contribution in [2.24, 2.45) is 7.05 Å². The molecule has 1 saturated heterocycles. The highest BCUT2D eigenvalue weighted by molar-refractivity contribution is 5.81. The summed E-state index contributed by atoms with van der Waals surface area (Å²) in [6.45, 7) is 2.75. The van der Waals surface area contributed by atoms with Crippen LogP contribution in [0.1, 0.15) is 30.7 Å². The van der Waals surface area contributed by atoms with Gasteiger partial charge in [0.2, 0.25) is 0 Å². The fourth-order valence-electron chi connectivity index (χ4n) is 2.16. The normalized spacial score (nSPS) is 20.2. The van der Waals surface area contributed by atoms with Gasteiger partial charge in [0.05, 0.1) is 11.8 Å². The summed E-state index contributed by atoms with van der Waals surface area (Å²) in [5.74, 6) is 0.245. The second-order valence-electron chi connectivity index (χ2n) is 4.46. The van der Waals surface area contributed by atoms with E-state index in [1.165, 1.54) is 0 Å². The lowest BCUT2D eigenvalue weighted by atomic mass is 10.1. The van der Waals surface area contributed by atoms with E-state index in [9.17, 15) is 4.79 Å². The number of carbonyl (C=O) groups excluding carboxylic acids is 1. The van der Waals surface area contributed by atoms with Crippen LogP contribution in [0.2, 0.25) is 0 Å². The Bertz CT molecular complexity index is 378. The molecule has 2 heterocycles. The number of aromatic nitrogens is 2. The second-order valence-corrected chi connectivity index (χ2v) is 4.46. The Hall–Kier alpha value is -1.16. The maximum atomic E-state index is 11.8. The number of nitrogens with zero attached hydrogens (tertiary/aromatic N) is 2. The molecule has 0 spiro atoms. The average Bonchev–Trinajstić information content (AvgIpc) is 2.78. The van der Waals surface area contributed by atoms with E-state index in [4.69, 9.17) is 4.74 Å². The van der Waals surface area contributed by atoms with E-state index >= 15 is 0 Å². The van der Waals surface area contributed by atoms with Crippen LogP contribution in [0.15, 0.2) is 6.07 Å². The van der Waals surface area contributed by atoms with Crippen molar-refractivity contribution >= 4 is 5.78 Å². The van der Waals surface area contributed by atoms with E-state index in [0.717, 1.165) is 30.8 Å². The van der Waals surface area contributed by atoms with Crippen molar-refractivity contribution in [2.75, 3.05) is 6.61 Å². The van der Waals surface area contributed by atoms with Gasteiger partial charge in [-0.25, -0.2) is 0 Å². The Morgan fingerprint density at radius 3 is 3.06 bits per heavy atom. The van der Waals surface area contributed by atoms with Gasteiger partial charge in [-0.05, 0) is 25.8 Å². The molecule has 1 fully saturated rings. The van der Waals surface area contributed by atoms with Crippen LogP contribution >= 0.6 is 0 Å². The van der Waals surface area contributed by atoms with Gasteiger partial charge in [0.15, 0.2) is 0 Å². The molecule has 0 N–H and O–H groups in total. The summed E-state index contributed by atoms with van der Waals surface area (Å²) in [7, 11) is 1.88. The highest BCUT2D eigenvalue weighted by Crippen LogP contribution is 2.16. The monoisotopic (exact) mass is 222 g/mol. The van der Waals surface area contributed by atoms with Gasteiger partial charge in [0.25, 0.3) is 0 Å². The Labute approximate surface area is 95.6 Å². The van der Waals surface area contributed by atoms with Crippen LogP contribution in [0.5, 0.6) is 0 Å². The summed E-state index contributed by atoms with van der Waals surface area (Å²) in [5.41, 5.74) is 1.95. The third-order valence-corrected chi connectivity index (χ3v) is 2.96. The molecule has 0 amide bonds. The fraction of sp³-hybridized carbons (Fsp3) is 0.667. The Morgan fingerprint density at radius 1 is 1.69 bits per heavy atom. The van der Waals surface area contributed by atoms with Crippen LogP contribution in [0.25, 0.3) is 0 Å². The van der Waals surface area contributed by atoms with Gasteiger partial charge in [0, 0.05) is 32.2 Å². The number of hydrogen-bond donors (Lipinski definition) is 0. The highest BCUT2D eigenvalue weighted by Gasteiger charge is 2.19. The topological polar surface area (TPSA) is 44.1 Å². The summed E-state index contributed by atoms with van der Waals surface area (Å²) in [6.07, 6.45) is 3.28. The molecule has 1 unspecified atom stereocenters. The van der Waals surface area contributed by atoms with Crippen LogP contribution in [0.4, 0.5) is 0 Å². The SMILES string of the molecule is Cc1cc(CC(=O)CC2CCCO2)n(C)n1. The molecule has 0 bridgehead atoms. The molecule has 1 aliphatic rings. The quantitative estimate of drug-likeness (QED) is 0.773. The number of rotatable bonds is 4. The van der Waals surface area contributed by atoms with Crippen LogP contribution < -0.4 is 0 Å². The molecule has 1 aromatic heterocycles. The van der Waals surface area contributed by atoms with Gasteiger partial charge in [-0.3, -0.25) is 9.48 Å². The van der Waals surface area contributed by atoms with Crippen molar-refractivity contribution in [3.05, 3.63) is 17.5 Å². The van der Waals surface area contributed by atoms with Gasteiger partial charge in [0.1, 0.15) is 5.78 Å². The van der Waals surface area contributed by atoms with Gasteiger partial charge in [-0.1, -0.05) is 0 Å². The molecule has 0 radical (unpaired) electrons. The van der Waals surface area contributed by atoms with Crippen molar-refractivity contribution in [2.45, 2.75) is 38.7 Å². The third kappa shape index (κ3) is 2.70. The third-order valence-electron chi connectivity index (χ3n) is 2.96. The highest BCUT2D eigenvalue weighted by atomic mass is 16.5. The molecule has 0 aliphatic carbocycles. The van der Waals surface area contributed by atoms with Crippen molar-refractivity contribution in [3.8, 4) is 0 Å². The minimum atomic E-state index is 0.154. The molecule has 1 aromatic rings. The summed E-state index contributed by atoms with van der Waals surface area (Å²) in [4.78, 5) is 11.8. The van der Waals surface area contributed by atoms with Crippen molar-refractivity contribution in [1.82, 2.24) is 9.78 Å². The molecule has 0 aromatic carbocycles. The molecule has 4 heteroatoms. The zero-order chi connectivity index (χ0) is 11.5. The van der Waals surface area contributed by atoms with E-state index in [0.29, 0.717) is 12.8 Å². The minimum Gasteiger partial charge on any atom is -0.378 e. The first-order valence-corrected chi connectivity index (χ1v) is 5.78. The van der Waals surface area contributed by atoms with E-state index in [2.05, 4.69) is 5.10 Å². The van der Waals surface area contributed by atoms with Crippen molar-refractivity contribution in [1.29, 1.82) is 0 Å². The molecule has 16 heavy (non-hydrogen) atoms. The zero-order valence-electron chi connectivity index (χ0n) is 9.90. The first-order valence-electron chi connectivity index (χ1n) is 5.78. The van der Waals surface area contributed by atoms with Gasteiger partial charge >= 0.3 is 0 Å². The Kier molecular flexibility index (Phi) is 3.39. The van der Waals surface area contributed by atoms with E-state index in [-0.39, 0.29) is 11.9 Å². The molecular weight excluding hydrogens is 204 g/mol. The fourth-order valence-corrected chi connectivity index (χ4v) is 2.16. The summed E-state index contributed by atoms with van der Waals surface area (Å²) in [5, 5.41) is 4.23. The zero-order valence-corrected chi connectivity index (χ0v) is 9.90. The van der Waals surface area contributed by atoms with Crippen molar-refractivity contribution in [3.63, 3.8) is 0 Å². The van der Waals surface area contributed by atoms with Gasteiger partial charge in [-0.15, -0.1) is 0 Å². The summed E-state index contributed by atoms with van der Waals surface area (Å²) < 4.78 is 7.23.